The Hall–Kier alpha value is -0.890. The van der Waals surface area contributed by atoms with Gasteiger partial charge in [-0.1, -0.05) is 0 Å². The number of thiol groups is 1. The lowest BCUT2D eigenvalue weighted by Gasteiger charge is -2.11. The van der Waals surface area contributed by atoms with Gasteiger partial charge in [0.2, 0.25) is 0 Å². The number of fused-ring (bicyclic) bond motifs is 1. The van der Waals surface area contributed by atoms with Gasteiger partial charge in [-0.2, -0.15) is 0 Å². The summed E-state index contributed by atoms with van der Waals surface area (Å²) in [7, 11) is 0. The first kappa shape index (κ1) is 6.80. The van der Waals surface area contributed by atoms with Crippen molar-refractivity contribution in [2.24, 2.45) is 0 Å². The number of ether oxygens (including phenoxy) is 1. The molecule has 2 heteroatoms. The van der Waals surface area contributed by atoms with E-state index in [-0.39, 0.29) is 0 Å². The molecule has 2 rings (SSSR count). The molecule has 0 aromatic heterocycles. The SMILES string of the molecule is Sc1ccc2c(c1)CC=CO2. The number of benzene rings is 1. The molecule has 0 amide bonds. The van der Waals surface area contributed by atoms with E-state index in [0.29, 0.717) is 0 Å². The van der Waals surface area contributed by atoms with Crippen LogP contribution in [0.25, 0.3) is 0 Å². The Morgan fingerprint density at radius 3 is 3.18 bits per heavy atom. The van der Waals surface area contributed by atoms with E-state index < -0.39 is 0 Å². The van der Waals surface area contributed by atoms with Crippen molar-refractivity contribution in [3.05, 3.63) is 36.1 Å². The monoisotopic (exact) mass is 164 g/mol. The van der Waals surface area contributed by atoms with E-state index in [0.717, 1.165) is 17.1 Å². The Labute approximate surface area is 71.1 Å². The van der Waals surface area contributed by atoms with Gasteiger partial charge in [0, 0.05) is 4.90 Å². The second kappa shape index (κ2) is 2.62. The molecule has 1 aliphatic rings. The Bertz CT molecular complexity index is 304. The standard InChI is InChI=1S/C9H8OS/c11-8-3-4-9-7(6-8)2-1-5-10-9/h1,3-6,11H,2H2. The Balaban J connectivity index is 2.48. The summed E-state index contributed by atoms with van der Waals surface area (Å²) in [6.45, 7) is 0. The molecule has 56 valence electrons. The van der Waals surface area contributed by atoms with Crippen LogP contribution in [-0.4, -0.2) is 0 Å². The van der Waals surface area contributed by atoms with E-state index in [2.05, 4.69) is 12.6 Å². The van der Waals surface area contributed by atoms with Crippen molar-refractivity contribution < 1.29 is 4.74 Å². The molecule has 0 radical (unpaired) electrons. The average Bonchev–Trinajstić information content (AvgIpc) is 2.04. The van der Waals surface area contributed by atoms with Crippen LogP contribution in [0.5, 0.6) is 5.75 Å². The summed E-state index contributed by atoms with van der Waals surface area (Å²) in [5, 5.41) is 0. The molecular formula is C9H8OS. The molecule has 11 heavy (non-hydrogen) atoms. The average molecular weight is 164 g/mol. The lowest BCUT2D eigenvalue weighted by atomic mass is 10.1. The van der Waals surface area contributed by atoms with E-state index in [1.54, 1.807) is 6.26 Å². The van der Waals surface area contributed by atoms with Crippen LogP contribution in [0.3, 0.4) is 0 Å². The third-order valence-electron chi connectivity index (χ3n) is 1.67. The first-order valence-electron chi connectivity index (χ1n) is 3.50. The van der Waals surface area contributed by atoms with Gasteiger partial charge < -0.3 is 4.74 Å². The summed E-state index contributed by atoms with van der Waals surface area (Å²) in [5.41, 5.74) is 1.21. The zero-order chi connectivity index (χ0) is 7.68. The number of rotatable bonds is 0. The molecule has 0 atom stereocenters. The van der Waals surface area contributed by atoms with E-state index >= 15 is 0 Å². The van der Waals surface area contributed by atoms with E-state index in [9.17, 15) is 0 Å². The summed E-state index contributed by atoms with van der Waals surface area (Å²) in [6.07, 6.45) is 4.67. The van der Waals surface area contributed by atoms with Crippen LogP contribution in [0, 0.1) is 0 Å². The Morgan fingerprint density at radius 1 is 1.36 bits per heavy atom. The first-order chi connectivity index (χ1) is 5.36. The molecule has 0 spiro atoms. The maximum absolute atomic E-state index is 5.26. The molecule has 0 unspecified atom stereocenters. The molecule has 0 bridgehead atoms. The summed E-state index contributed by atoms with van der Waals surface area (Å²) in [4.78, 5) is 0.989. The van der Waals surface area contributed by atoms with Crippen LogP contribution >= 0.6 is 12.6 Å². The van der Waals surface area contributed by atoms with Crippen molar-refractivity contribution in [3.63, 3.8) is 0 Å². The van der Waals surface area contributed by atoms with Crippen LogP contribution in [0.2, 0.25) is 0 Å². The highest BCUT2D eigenvalue weighted by molar-refractivity contribution is 7.80. The third kappa shape index (κ3) is 1.26. The van der Waals surface area contributed by atoms with Crippen molar-refractivity contribution >= 4 is 12.6 Å². The quantitative estimate of drug-likeness (QED) is 0.579. The fourth-order valence-corrected chi connectivity index (χ4v) is 1.37. The zero-order valence-electron chi connectivity index (χ0n) is 5.95. The van der Waals surface area contributed by atoms with Gasteiger partial charge >= 0.3 is 0 Å². The zero-order valence-corrected chi connectivity index (χ0v) is 6.84. The van der Waals surface area contributed by atoms with Gasteiger partial charge in [-0.3, -0.25) is 0 Å². The minimum atomic E-state index is 0.948. The van der Waals surface area contributed by atoms with Crippen LogP contribution in [0.15, 0.2) is 35.4 Å². The predicted octanol–water partition coefficient (Wildman–Crippen LogP) is 2.42. The van der Waals surface area contributed by atoms with Crippen LogP contribution in [0.1, 0.15) is 5.56 Å². The molecule has 0 saturated carbocycles. The maximum Gasteiger partial charge on any atom is 0.130 e. The Kier molecular flexibility index (Phi) is 1.62. The predicted molar refractivity (Wildman–Crippen MR) is 47.2 cm³/mol. The molecule has 1 heterocycles. The van der Waals surface area contributed by atoms with E-state index in [4.69, 9.17) is 4.74 Å². The fraction of sp³-hybridized carbons (Fsp3) is 0.111. The molecule has 1 aromatic rings. The van der Waals surface area contributed by atoms with Gasteiger partial charge in [-0.15, -0.1) is 12.6 Å². The number of allylic oxidation sites excluding steroid dienone is 1. The molecule has 0 fully saturated rings. The van der Waals surface area contributed by atoms with Gasteiger partial charge in [-0.05, 0) is 36.3 Å². The van der Waals surface area contributed by atoms with Gasteiger partial charge in [0.15, 0.2) is 0 Å². The van der Waals surface area contributed by atoms with Gasteiger partial charge in [-0.25, -0.2) is 0 Å². The number of hydrogen-bond acceptors (Lipinski definition) is 2. The normalized spacial score (nSPS) is 13.9. The molecule has 1 aliphatic heterocycles. The summed E-state index contributed by atoms with van der Waals surface area (Å²) < 4.78 is 5.26. The summed E-state index contributed by atoms with van der Waals surface area (Å²) >= 11 is 4.24. The first-order valence-corrected chi connectivity index (χ1v) is 3.94. The summed E-state index contributed by atoms with van der Waals surface area (Å²) in [5.74, 6) is 0.949. The van der Waals surface area contributed by atoms with Crippen molar-refractivity contribution in [1.82, 2.24) is 0 Å². The molecule has 0 aliphatic carbocycles. The molecule has 0 saturated heterocycles. The smallest absolute Gasteiger partial charge is 0.130 e. The van der Waals surface area contributed by atoms with Crippen molar-refractivity contribution in [2.45, 2.75) is 11.3 Å². The lowest BCUT2D eigenvalue weighted by molar-refractivity contribution is 0.464. The fourth-order valence-electron chi connectivity index (χ4n) is 1.14. The van der Waals surface area contributed by atoms with Crippen molar-refractivity contribution in [2.75, 3.05) is 0 Å². The highest BCUT2D eigenvalue weighted by Gasteiger charge is 2.04. The van der Waals surface area contributed by atoms with Gasteiger partial charge in [0.1, 0.15) is 5.75 Å². The van der Waals surface area contributed by atoms with Crippen LogP contribution < -0.4 is 4.74 Å². The minimum absolute atomic E-state index is 0.948. The minimum Gasteiger partial charge on any atom is -0.465 e. The maximum atomic E-state index is 5.26. The molecule has 0 N–H and O–H groups in total. The highest BCUT2D eigenvalue weighted by atomic mass is 32.1. The largest absolute Gasteiger partial charge is 0.465 e. The second-order valence-electron chi connectivity index (χ2n) is 2.49. The molecular weight excluding hydrogens is 156 g/mol. The van der Waals surface area contributed by atoms with Crippen LogP contribution in [-0.2, 0) is 6.42 Å². The van der Waals surface area contributed by atoms with Gasteiger partial charge in [0.05, 0.1) is 6.26 Å². The van der Waals surface area contributed by atoms with Gasteiger partial charge in [0.25, 0.3) is 0 Å². The Morgan fingerprint density at radius 2 is 2.27 bits per heavy atom. The molecule has 1 aromatic carbocycles. The van der Waals surface area contributed by atoms with E-state index in [1.165, 1.54) is 5.56 Å². The topological polar surface area (TPSA) is 9.23 Å². The number of hydrogen-bond donors (Lipinski definition) is 1. The lowest BCUT2D eigenvalue weighted by Crippen LogP contribution is -1.95. The third-order valence-corrected chi connectivity index (χ3v) is 1.95. The van der Waals surface area contributed by atoms with Crippen LogP contribution in [0.4, 0.5) is 0 Å². The summed E-state index contributed by atoms with van der Waals surface area (Å²) in [6, 6.07) is 5.91. The highest BCUT2D eigenvalue weighted by Crippen LogP contribution is 2.25. The van der Waals surface area contributed by atoms with E-state index in [1.807, 2.05) is 24.3 Å². The van der Waals surface area contributed by atoms with Crippen molar-refractivity contribution in [3.8, 4) is 5.75 Å². The molecule has 1 nitrogen and oxygen atoms in total. The van der Waals surface area contributed by atoms with Crippen molar-refractivity contribution in [1.29, 1.82) is 0 Å². The second-order valence-corrected chi connectivity index (χ2v) is 3.00.